The van der Waals surface area contributed by atoms with E-state index in [1.807, 2.05) is 0 Å². The molecule has 0 fully saturated rings. The molecule has 0 aromatic carbocycles. The lowest BCUT2D eigenvalue weighted by atomic mass is 9.99. The molecule has 0 radical (unpaired) electrons. The second kappa shape index (κ2) is 7.68. The highest BCUT2D eigenvalue weighted by Crippen LogP contribution is 2.41. The molecule has 2 aromatic heterocycles. The molecule has 178 valence electrons. The Bertz CT molecular complexity index is 1230. The van der Waals surface area contributed by atoms with Crippen molar-refractivity contribution < 1.29 is 22.7 Å². The van der Waals surface area contributed by atoms with Crippen molar-refractivity contribution in [3.05, 3.63) is 23.5 Å². The number of hydrogen-bond donors (Lipinski definition) is 0. The van der Waals surface area contributed by atoms with Crippen molar-refractivity contribution in [1.82, 2.24) is 24.6 Å². The van der Waals surface area contributed by atoms with Crippen LogP contribution in [0.2, 0.25) is 0 Å². The maximum Gasteiger partial charge on any atom is 0.416 e. The van der Waals surface area contributed by atoms with E-state index in [1.54, 1.807) is 50.6 Å². The highest BCUT2D eigenvalue weighted by atomic mass is 32.2. The number of aromatic nitrogens is 4. The Hall–Kier alpha value is -3.22. The van der Waals surface area contributed by atoms with Crippen LogP contribution in [0.3, 0.4) is 0 Å². The molecule has 2 aliphatic rings. The van der Waals surface area contributed by atoms with Gasteiger partial charge in [0.2, 0.25) is 15.0 Å². The summed E-state index contributed by atoms with van der Waals surface area (Å²) >= 11 is 0. The van der Waals surface area contributed by atoms with Gasteiger partial charge in [0.1, 0.15) is 17.2 Å². The second-order valence-corrected chi connectivity index (χ2v) is 11.1. The molecule has 1 atom stereocenters. The van der Waals surface area contributed by atoms with Crippen LogP contribution in [0, 0.1) is 0 Å². The molecule has 4 rings (SSSR count). The fourth-order valence-electron chi connectivity index (χ4n) is 4.09. The standard InChI is InChI=1S/C20H27N7O5S/c1-20(2,3)32-19(29)26-8-7-14(13-10-22-25(5)16(13)26)27-11-12-9-21-17(33(6,30)31)23-15(12)24(4)18(27)28/h9-10,14H,7-8,11H2,1-6H3. The van der Waals surface area contributed by atoms with E-state index in [2.05, 4.69) is 15.1 Å². The van der Waals surface area contributed by atoms with Gasteiger partial charge in [-0.2, -0.15) is 5.10 Å². The molecule has 0 saturated heterocycles. The summed E-state index contributed by atoms with van der Waals surface area (Å²) in [5.41, 5.74) is 0.713. The highest BCUT2D eigenvalue weighted by molar-refractivity contribution is 7.90. The van der Waals surface area contributed by atoms with Crippen molar-refractivity contribution in [1.29, 1.82) is 0 Å². The van der Waals surface area contributed by atoms with Gasteiger partial charge in [0.25, 0.3) is 0 Å². The average molecular weight is 478 g/mol. The smallest absolute Gasteiger partial charge is 0.416 e. The van der Waals surface area contributed by atoms with Crippen LogP contribution in [0.25, 0.3) is 0 Å². The summed E-state index contributed by atoms with van der Waals surface area (Å²) in [5, 5.41) is 4.00. The third kappa shape index (κ3) is 4.12. The average Bonchev–Trinajstić information content (AvgIpc) is 3.10. The molecule has 0 spiro atoms. The normalized spacial score (nSPS) is 18.8. The zero-order valence-corrected chi connectivity index (χ0v) is 20.2. The summed E-state index contributed by atoms with van der Waals surface area (Å²) in [6.45, 7) is 5.96. The number of amides is 3. The Labute approximate surface area is 192 Å². The van der Waals surface area contributed by atoms with E-state index < -0.39 is 21.5 Å². The van der Waals surface area contributed by atoms with Crippen LogP contribution in [-0.2, 0) is 28.2 Å². The third-order valence-electron chi connectivity index (χ3n) is 5.51. The highest BCUT2D eigenvalue weighted by Gasteiger charge is 2.41. The van der Waals surface area contributed by atoms with Crippen LogP contribution in [0.5, 0.6) is 0 Å². The number of rotatable bonds is 2. The van der Waals surface area contributed by atoms with Gasteiger partial charge < -0.3 is 9.64 Å². The van der Waals surface area contributed by atoms with Crippen LogP contribution >= 0.6 is 0 Å². The molecular formula is C20H27N7O5S. The number of anilines is 2. The Morgan fingerprint density at radius 1 is 1.21 bits per heavy atom. The fraction of sp³-hybridized carbons (Fsp3) is 0.550. The number of hydrogen-bond acceptors (Lipinski definition) is 8. The Kier molecular flexibility index (Phi) is 5.34. The lowest BCUT2D eigenvalue weighted by Gasteiger charge is -2.42. The number of urea groups is 1. The molecule has 12 nitrogen and oxygen atoms in total. The van der Waals surface area contributed by atoms with Crippen molar-refractivity contribution in [3.8, 4) is 0 Å². The van der Waals surface area contributed by atoms with Crippen molar-refractivity contribution >= 4 is 33.6 Å². The molecule has 33 heavy (non-hydrogen) atoms. The van der Waals surface area contributed by atoms with Crippen LogP contribution in [0.1, 0.15) is 44.4 Å². The summed E-state index contributed by atoms with van der Waals surface area (Å²) in [6.07, 6.45) is 4.13. The summed E-state index contributed by atoms with van der Waals surface area (Å²) in [4.78, 5) is 38.7. The molecule has 4 heterocycles. The Balaban J connectivity index is 1.68. The summed E-state index contributed by atoms with van der Waals surface area (Å²) in [6, 6.07) is -0.670. The lowest BCUT2D eigenvalue weighted by molar-refractivity contribution is 0.0569. The Morgan fingerprint density at radius 3 is 2.55 bits per heavy atom. The molecule has 3 amide bonds. The minimum absolute atomic E-state index is 0.202. The molecule has 0 aliphatic carbocycles. The number of sulfone groups is 1. The molecule has 2 aliphatic heterocycles. The van der Waals surface area contributed by atoms with Gasteiger partial charge in [0, 0.05) is 44.2 Å². The fourth-order valence-corrected chi connectivity index (χ4v) is 4.58. The summed E-state index contributed by atoms with van der Waals surface area (Å²) in [7, 11) is -0.327. The van der Waals surface area contributed by atoms with E-state index in [0.717, 1.165) is 11.8 Å². The number of fused-ring (bicyclic) bond motifs is 2. The predicted octanol–water partition coefficient (Wildman–Crippen LogP) is 1.87. The number of aryl methyl sites for hydroxylation is 1. The van der Waals surface area contributed by atoms with Crippen molar-refractivity contribution in [2.24, 2.45) is 7.05 Å². The van der Waals surface area contributed by atoms with Gasteiger partial charge in [-0.3, -0.25) is 14.5 Å². The minimum Gasteiger partial charge on any atom is -0.443 e. The number of carbonyl (C=O) groups excluding carboxylic acids is 2. The van der Waals surface area contributed by atoms with E-state index in [-0.39, 0.29) is 29.6 Å². The van der Waals surface area contributed by atoms with Gasteiger partial charge in [-0.05, 0) is 27.2 Å². The van der Waals surface area contributed by atoms with Crippen LogP contribution in [-0.4, -0.2) is 70.6 Å². The van der Waals surface area contributed by atoms with Crippen molar-refractivity contribution in [2.45, 2.75) is 50.5 Å². The quantitative estimate of drug-likeness (QED) is 0.599. The zero-order chi connectivity index (χ0) is 24.3. The van der Waals surface area contributed by atoms with Crippen LogP contribution < -0.4 is 9.80 Å². The van der Waals surface area contributed by atoms with Gasteiger partial charge in [-0.25, -0.2) is 28.0 Å². The van der Waals surface area contributed by atoms with Crippen LogP contribution in [0.4, 0.5) is 21.2 Å². The number of nitrogens with zero attached hydrogens (tertiary/aromatic N) is 7. The predicted molar refractivity (Wildman–Crippen MR) is 119 cm³/mol. The van der Waals surface area contributed by atoms with E-state index in [1.165, 1.54) is 16.0 Å². The molecular weight excluding hydrogens is 450 g/mol. The molecule has 0 bridgehead atoms. The number of carbonyl (C=O) groups is 2. The van der Waals surface area contributed by atoms with E-state index in [9.17, 15) is 18.0 Å². The van der Waals surface area contributed by atoms with Crippen molar-refractivity contribution in [2.75, 3.05) is 29.6 Å². The maximum absolute atomic E-state index is 13.3. The SMILES string of the molecule is CN1C(=O)N(C2CCN(C(=O)OC(C)(C)C)c3c2cnn3C)Cc2cnc(S(C)(=O)=O)nc21. The first-order valence-corrected chi connectivity index (χ1v) is 12.3. The van der Waals surface area contributed by atoms with E-state index in [4.69, 9.17) is 4.74 Å². The molecule has 0 saturated carbocycles. The van der Waals surface area contributed by atoms with E-state index in [0.29, 0.717) is 24.3 Å². The first kappa shape index (κ1) is 23.0. The second-order valence-electron chi connectivity index (χ2n) is 9.23. The van der Waals surface area contributed by atoms with Crippen molar-refractivity contribution in [3.63, 3.8) is 0 Å². The van der Waals surface area contributed by atoms with Gasteiger partial charge in [0.15, 0.2) is 0 Å². The van der Waals surface area contributed by atoms with Gasteiger partial charge in [-0.1, -0.05) is 0 Å². The Morgan fingerprint density at radius 2 is 1.91 bits per heavy atom. The largest absolute Gasteiger partial charge is 0.443 e. The maximum atomic E-state index is 13.3. The molecule has 0 N–H and O–H groups in total. The van der Waals surface area contributed by atoms with E-state index >= 15 is 0 Å². The lowest BCUT2D eigenvalue weighted by Crippen LogP contribution is -2.50. The first-order chi connectivity index (χ1) is 15.3. The van der Waals surface area contributed by atoms with Crippen LogP contribution in [0.15, 0.2) is 17.6 Å². The van der Waals surface area contributed by atoms with Gasteiger partial charge in [-0.15, -0.1) is 0 Å². The number of ether oxygens (including phenoxy) is 1. The monoisotopic (exact) mass is 477 g/mol. The first-order valence-electron chi connectivity index (χ1n) is 10.4. The molecule has 1 unspecified atom stereocenters. The molecule has 2 aromatic rings. The van der Waals surface area contributed by atoms with Gasteiger partial charge in [0.05, 0.1) is 18.8 Å². The summed E-state index contributed by atoms with van der Waals surface area (Å²) < 4.78 is 30.8. The molecule has 13 heteroatoms. The minimum atomic E-state index is -3.61. The zero-order valence-electron chi connectivity index (χ0n) is 19.4. The summed E-state index contributed by atoms with van der Waals surface area (Å²) in [5.74, 6) is 0.842. The third-order valence-corrected chi connectivity index (χ3v) is 6.37. The van der Waals surface area contributed by atoms with Gasteiger partial charge >= 0.3 is 12.1 Å². The topological polar surface area (TPSA) is 131 Å².